The predicted molar refractivity (Wildman–Crippen MR) is 158 cm³/mol. The molecular formula is C31H38N8O. The molecule has 0 aliphatic rings. The van der Waals surface area contributed by atoms with Crippen LogP contribution in [0.15, 0.2) is 65.8 Å². The molecule has 9 heteroatoms. The standard InChI is InChI=1S/C31H38N8O/c1-7-8-11-24-20-39(29-27(31(4,5)6)16-17-37(29)21(2)3)30(40)38(24)19-23-15-14-22(18-32-23)25-12-9-10-13-26(25)28-33-35-36-34-28/h9-10,12-18,20-21H,7-8,11,19H2,1-6H3,(H,33,34,35,36). The third kappa shape index (κ3) is 5.28. The van der Waals surface area contributed by atoms with Crippen LogP contribution in [0.3, 0.4) is 0 Å². The van der Waals surface area contributed by atoms with Crippen LogP contribution in [0.4, 0.5) is 0 Å². The maximum absolute atomic E-state index is 14.0. The van der Waals surface area contributed by atoms with Gasteiger partial charge in [0.1, 0.15) is 5.82 Å². The molecule has 0 aliphatic heterocycles. The van der Waals surface area contributed by atoms with E-state index in [2.05, 4.69) is 79.0 Å². The lowest BCUT2D eigenvalue weighted by Gasteiger charge is -2.22. The summed E-state index contributed by atoms with van der Waals surface area (Å²) in [7, 11) is 0. The highest BCUT2D eigenvalue weighted by atomic mass is 16.1. The van der Waals surface area contributed by atoms with E-state index in [1.54, 1.807) is 0 Å². The molecule has 0 spiro atoms. The first kappa shape index (κ1) is 27.3. The van der Waals surface area contributed by atoms with Gasteiger partial charge in [-0.15, -0.1) is 10.2 Å². The summed E-state index contributed by atoms with van der Waals surface area (Å²) in [5.74, 6) is 1.49. The summed E-state index contributed by atoms with van der Waals surface area (Å²) in [4.78, 5) is 18.8. The molecule has 0 saturated carbocycles. The lowest BCUT2D eigenvalue weighted by atomic mass is 9.88. The Morgan fingerprint density at radius 3 is 2.42 bits per heavy atom. The zero-order valence-electron chi connectivity index (χ0n) is 24.2. The Morgan fingerprint density at radius 2 is 1.80 bits per heavy atom. The van der Waals surface area contributed by atoms with E-state index in [-0.39, 0.29) is 17.1 Å². The predicted octanol–water partition coefficient (Wildman–Crippen LogP) is 5.95. The number of imidazole rings is 1. The van der Waals surface area contributed by atoms with E-state index in [4.69, 9.17) is 4.98 Å². The topological polar surface area (TPSA) is 99.2 Å². The number of hydrogen-bond donors (Lipinski definition) is 1. The summed E-state index contributed by atoms with van der Waals surface area (Å²) in [6.45, 7) is 13.5. The molecule has 0 amide bonds. The number of unbranched alkanes of at least 4 members (excludes halogenated alkanes) is 1. The van der Waals surface area contributed by atoms with Crippen molar-refractivity contribution >= 4 is 0 Å². The Labute approximate surface area is 234 Å². The smallest absolute Gasteiger partial charge is 0.331 e. The number of pyridine rings is 1. The fraction of sp³-hybridized carbons (Fsp3) is 0.387. The normalized spacial score (nSPS) is 12.0. The Balaban J connectivity index is 1.53. The van der Waals surface area contributed by atoms with Crippen molar-refractivity contribution in [1.82, 2.24) is 39.3 Å². The second kappa shape index (κ2) is 11.1. The maximum atomic E-state index is 14.0. The molecule has 0 fully saturated rings. The molecule has 0 saturated heterocycles. The van der Waals surface area contributed by atoms with E-state index in [1.165, 1.54) is 0 Å². The van der Waals surface area contributed by atoms with Crippen LogP contribution in [-0.2, 0) is 18.4 Å². The van der Waals surface area contributed by atoms with Gasteiger partial charge in [-0.1, -0.05) is 64.4 Å². The lowest BCUT2D eigenvalue weighted by molar-refractivity contribution is 0.553. The maximum Gasteiger partial charge on any atom is 0.334 e. The van der Waals surface area contributed by atoms with E-state index in [1.807, 2.05) is 57.9 Å². The zero-order chi connectivity index (χ0) is 28.4. The highest BCUT2D eigenvalue weighted by Gasteiger charge is 2.26. The summed E-state index contributed by atoms with van der Waals surface area (Å²) in [5.41, 5.74) is 5.67. The van der Waals surface area contributed by atoms with E-state index >= 15 is 0 Å². The zero-order valence-corrected chi connectivity index (χ0v) is 24.2. The van der Waals surface area contributed by atoms with Gasteiger partial charge in [-0.05, 0) is 55.0 Å². The average Bonchev–Trinajstić information content (AvgIpc) is 3.68. The number of aromatic amines is 1. The van der Waals surface area contributed by atoms with E-state index < -0.39 is 0 Å². The lowest BCUT2D eigenvalue weighted by Crippen LogP contribution is -2.28. The van der Waals surface area contributed by atoms with Gasteiger partial charge in [-0.2, -0.15) is 5.21 Å². The molecule has 4 heterocycles. The minimum Gasteiger partial charge on any atom is -0.331 e. The van der Waals surface area contributed by atoms with Gasteiger partial charge in [0.05, 0.1) is 12.2 Å². The van der Waals surface area contributed by atoms with Gasteiger partial charge in [0.2, 0.25) is 5.82 Å². The largest absolute Gasteiger partial charge is 0.334 e. The van der Waals surface area contributed by atoms with Crippen molar-refractivity contribution in [2.24, 2.45) is 0 Å². The van der Waals surface area contributed by atoms with Gasteiger partial charge in [0.25, 0.3) is 0 Å². The van der Waals surface area contributed by atoms with E-state index in [0.717, 1.165) is 58.7 Å². The first-order chi connectivity index (χ1) is 19.2. The molecule has 4 aromatic heterocycles. The fourth-order valence-corrected chi connectivity index (χ4v) is 5.15. The molecule has 0 aliphatic carbocycles. The van der Waals surface area contributed by atoms with Crippen molar-refractivity contribution in [3.63, 3.8) is 0 Å². The number of benzene rings is 1. The van der Waals surface area contributed by atoms with Crippen LogP contribution >= 0.6 is 0 Å². The third-order valence-corrected chi connectivity index (χ3v) is 7.30. The summed E-state index contributed by atoms with van der Waals surface area (Å²) >= 11 is 0. The SMILES string of the molecule is CCCCc1cn(-c2c(C(C)(C)C)ccn2C(C)C)c(=O)n1Cc1ccc(-c2ccccc2-c2nn[nH]n2)cn1. The number of nitrogens with zero attached hydrogens (tertiary/aromatic N) is 7. The van der Waals surface area contributed by atoms with Gasteiger partial charge >= 0.3 is 5.69 Å². The van der Waals surface area contributed by atoms with Gasteiger partial charge in [-0.25, -0.2) is 4.79 Å². The average molecular weight is 539 g/mol. The van der Waals surface area contributed by atoms with Crippen molar-refractivity contribution < 1.29 is 0 Å². The second-order valence-corrected chi connectivity index (χ2v) is 11.6. The molecule has 0 bridgehead atoms. The third-order valence-electron chi connectivity index (χ3n) is 7.30. The number of rotatable bonds is 9. The van der Waals surface area contributed by atoms with Crippen molar-refractivity contribution in [2.75, 3.05) is 0 Å². The van der Waals surface area contributed by atoms with Crippen LogP contribution in [0.2, 0.25) is 0 Å². The van der Waals surface area contributed by atoms with E-state index in [0.29, 0.717) is 12.4 Å². The molecular weight excluding hydrogens is 500 g/mol. The number of aryl methyl sites for hydroxylation is 1. The number of tetrazole rings is 1. The molecule has 40 heavy (non-hydrogen) atoms. The molecule has 5 rings (SSSR count). The van der Waals surface area contributed by atoms with Crippen molar-refractivity contribution in [3.8, 4) is 28.3 Å². The molecule has 1 aromatic carbocycles. The van der Waals surface area contributed by atoms with Crippen molar-refractivity contribution in [3.05, 3.63) is 88.5 Å². The van der Waals surface area contributed by atoms with Crippen LogP contribution < -0.4 is 5.69 Å². The molecule has 0 atom stereocenters. The molecule has 208 valence electrons. The van der Waals surface area contributed by atoms with Crippen molar-refractivity contribution in [2.45, 2.75) is 78.8 Å². The summed E-state index contributed by atoms with van der Waals surface area (Å²) in [6, 6.07) is 14.3. The molecule has 9 nitrogen and oxygen atoms in total. The molecule has 5 aromatic rings. The summed E-state index contributed by atoms with van der Waals surface area (Å²) in [6.07, 6.45) is 8.90. The Kier molecular flexibility index (Phi) is 7.56. The van der Waals surface area contributed by atoms with Gasteiger partial charge in [-0.3, -0.25) is 14.1 Å². The number of nitrogens with one attached hydrogen (secondary N) is 1. The van der Waals surface area contributed by atoms with Crippen LogP contribution in [-0.4, -0.2) is 39.3 Å². The Morgan fingerprint density at radius 1 is 1.02 bits per heavy atom. The highest BCUT2D eigenvalue weighted by Crippen LogP contribution is 2.32. The second-order valence-electron chi connectivity index (χ2n) is 11.6. The van der Waals surface area contributed by atoms with E-state index in [9.17, 15) is 4.79 Å². The van der Waals surface area contributed by atoms with Gasteiger partial charge in [0, 0.05) is 47.0 Å². The Hall–Kier alpha value is -4.27. The molecule has 0 radical (unpaired) electrons. The van der Waals surface area contributed by atoms with Gasteiger partial charge in [0.15, 0.2) is 0 Å². The minimum absolute atomic E-state index is 0.0365. The van der Waals surface area contributed by atoms with Crippen LogP contribution in [0, 0.1) is 0 Å². The summed E-state index contributed by atoms with van der Waals surface area (Å²) in [5, 5.41) is 14.5. The minimum atomic E-state index is -0.101. The first-order valence-electron chi connectivity index (χ1n) is 14.0. The number of aromatic nitrogens is 8. The summed E-state index contributed by atoms with van der Waals surface area (Å²) < 4.78 is 5.93. The van der Waals surface area contributed by atoms with Crippen LogP contribution in [0.1, 0.15) is 77.4 Å². The first-order valence-corrected chi connectivity index (χ1v) is 14.0. The van der Waals surface area contributed by atoms with Crippen LogP contribution in [0.5, 0.6) is 0 Å². The van der Waals surface area contributed by atoms with Crippen molar-refractivity contribution in [1.29, 1.82) is 0 Å². The number of H-pyrrole nitrogens is 1. The van der Waals surface area contributed by atoms with Gasteiger partial charge < -0.3 is 4.57 Å². The monoisotopic (exact) mass is 538 g/mol. The molecule has 0 unspecified atom stereocenters. The fourth-order valence-electron chi connectivity index (χ4n) is 5.15. The Bertz CT molecular complexity index is 1630. The van der Waals surface area contributed by atoms with Crippen LogP contribution in [0.25, 0.3) is 28.3 Å². The quantitative estimate of drug-likeness (QED) is 0.250. The highest BCUT2D eigenvalue weighted by molar-refractivity contribution is 5.79. The molecule has 1 N–H and O–H groups in total. The number of hydrogen-bond acceptors (Lipinski definition) is 5.